The van der Waals surface area contributed by atoms with Gasteiger partial charge < -0.3 is 9.80 Å². The Hall–Kier alpha value is -2.96. The number of amides is 2. The first-order valence-corrected chi connectivity index (χ1v) is 13.3. The van der Waals surface area contributed by atoms with Crippen LogP contribution in [0.5, 0.6) is 0 Å². The number of hydrogen-bond acceptors (Lipinski definition) is 4. The summed E-state index contributed by atoms with van der Waals surface area (Å²) in [5, 5.41) is 2.17. The second kappa shape index (κ2) is 9.96. The Balaban J connectivity index is 1.28. The van der Waals surface area contributed by atoms with Crippen molar-refractivity contribution in [2.45, 2.75) is 39.3 Å². The molecule has 0 N–H and O–H groups in total. The molecule has 2 atom stereocenters. The lowest BCUT2D eigenvalue weighted by Gasteiger charge is -2.42. The fourth-order valence-electron chi connectivity index (χ4n) is 5.40. The quantitative estimate of drug-likeness (QED) is 0.537. The third-order valence-electron chi connectivity index (χ3n) is 7.41. The molecule has 1 aromatic heterocycles. The Kier molecular flexibility index (Phi) is 6.76. The van der Waals surface area contributed by atoms with E-state index in [-0.39, 0.29) is 23.9 Å². The Morgan fingerprint density at radius 2 is 1.74 bits per heavy atom. The molecule has 3 heterocycles. The monoisotopic (exact) mass is 487 g/mol. The van der Waals surface area contributed by atoms with Gasteiger partial charge in [0.25, 0.3) is 5.91 Å². The fourth-order valence-corrected chi connectivity index (χ4v) is 6.31. The minimum atomic E-state index is -0.0162. The number of nitrogens with zero attached hydrogens (tertiary/aromatic N) is 3. The van der Waals surface area contributed by atoms with Gasteiger partial charge in [0, 0.05) is 42.7 Å². The van der Waals surface area contributed by atoms with E-state index < -0.39 is 0 Å². The molecular weight excluding hydrogens is 454 g/mol. The number of aryl methyl sites for hydroxylation is 2. The number of hydrogen-bond donors (Lipinski definition) is 0. The summed E-state index contributed by atoms with van der Waals surface area (Å²) in [5.74, 6) is 0.207. The van der Waals surface area contributed by atoms with Crippen LogP contribution in [0.2, 0.25) is 0 Å². The number of thiophene rings is 1. The van der Waals surface area contributed by atoms with E-state index in [0.29, 0.717) is 26.2 Å². The molecule has 35 heavy (non-hydrogen) atoms. The molecule has 2 amide bonds. The van der Waals surface area contributed by atoms with E-state index in [1.54, 1.807) is 0 Å². The normalized spacial score (nSPS) is 20.5. The van der Waals surface area contributed by atoms with Crippen LogP contribution in [0.3, 0.4) is 0 Å². The van der Waals surface area contributed by atoms with Crippen LogP contribution in [0.4, 0.5) is 0 Å². The molecular formula is C29H33N3O2S. The van der Waals surface area contributed by atoms with E-state index in [9.17, 15) is 9.59 Å². The molecule has 182 valence electrons. The van der Waals surface area contributed by atoms with E-state index in [1.807, 2.05) is 59.2 Å². The van der Waals surface area contributed by atoms with Gasteiger partial charge in [-0.2, -0.15) is 0 Å². The third-order valence-corrected chi connectivity index (χ3v) is 8.41. The highest BCUT2D eigenvalue weighted by atomic mass is 32.1. The first kappa shape index (κ1) is 23.8. The molecule has 6 heteroatoms. The number of benzene rings is 2. The molecule has 2 aliphatic rings. The van der Waals surface area contributed by atoms with Crippen LogP contribution in [0.1, 0.15) is 50.5 Å². The van der Waals surface area contributed by atoms with Gasteiger partial charge >= 0.3 is 0 Å². The van der Waals surface area contributed by atoms with Crippen LogP contribution in [-0.2, 0) is 11.2 Å². The van der Waals surface area contributed by atoms with Gasteiger partial charge in [-0.15, -0.1) is 11.3 Å². The molecule has 3 aromatic rings. The molecule has 5 rings (SSSR count). The Labute approximate surface area is 212 Å². The van der Waals surface area contributed by atoms with Crippen molar-refractivity contribution in [3.05, 3.63) is 92.7 Å². The van der Waals surface area contributed by atoms with Crippen LogP contribution >= 0.6 is 11.3 Å². The lowest BCUT2D eigenvalue weighted by Crippen LogP contribution is -2.57. The summed E-state index contributed by atoms with van der Waals surface area (Å²) < 4.78 is 0. The molecule has 0 saturated carbocycles. The molecule has 2 aromatic carbocycles. The highest BCUT2D eigenvalue weighted by Crippen LogP contribution is 2.37. The van der Waals surface area contributed by atoms with Gasteiger partial charge in [0.05, 0.1) is 12.6 Å². The van der Waals surface area contributed by atoms with Crippen molar-refractivity contribution < 1.29 is 9.59 Å². The second-order valence-electron chi connectivity index (χ2n) is 9.84. The number of carbonyl (C=O) groups is 2. The number of carbonyl (C=O) groups excluding carboxylic acids is 2. The lowest BCUT2D eigenvalue weighted by molar-refractivity contribution is -0.135. The summed E-state index contributed by atoms with van der Waals surface area (Å²) in [6.45, 7) is 9.10. The van der Waals surface area contributed by atoms with Crippen LogP contribution in [0.25, 0.3) is 0 Å². The minimum Gasteiger partial charge on any atom is -0.338 e. The van der Waals surface area contributed by atoms with Crippen LogP contribution in [-0.4, -0.2) is 65.3 Å². The maximum atomic E-state index is 13.5. The molecule has 0 radical (unpaired) electrons. The minimum absolute atomic E-state index is 0.0162. The Bertz CT molecular complexity index is 1220. The maximum absolute atomic E-state index is 13.5. The van der Waals surface area contributed by atoms with Crippen molar-refractivity contribution in [2.24, 2.45) is 0 Å². The Morgan fingerprint density at radius 3 is 2.49 bits per heavy atom. The summed E-state index contributed by atoms with van der Waals surface area (Å²) in [7, 11) is 0. The van der Waals surface area contributed by atoms with Crippen LogP contribution < -0.4 is 0 Å². The van der Waals surface area contributed by atoms with Crippen molar-refractivity contribution in [3.8, 4) is 0 Å². The predicted molar refractivity (Wildman–Crippen MR) is 141 cm³/mol. The topological polar surface area (TPSA) is 43.9 Å². The van der Waals surface area contributed by atoms with Crippen molar-refractivity contribution in [2.75, 3.05) is 32.7 Å². The van der Waals surface area contributed by atoms with Crippen molar-refractivity contribution in [1.29, 1.82) is 0 Å². The molecule has 0 spiro atoms. The summed E-state index contributed by atoms with van der Waals surface area (Å²) in [6, 6.07) is 18.7. The zero-order chi connectivity index (χ0) is 24.5. The average molecular weight is 488 g/mol. The number of rotatable bonds is 4. The number of fused-ring (bicyclic) bond motifs is 1. The van der Waals surface area contributed by atoms with Crippen LogP contribution in [0, 0.1) is 13.8 Å². The molecule has 0 aliphatic carbocycles. The second-order valence-corrected chi connectivity index (χ2v) is 10.8. The first-order chi connectivity index (χ1) is 16.9. The van der Waals surface area contributed by atoms with E-state index in [4.69, 9.17) is 0 Å². The largest absolute Gasteiger partial charge is 0.338 e. The molecule has 2 aliphatic heterocycles. The highest BCUT2D eigenvalue weighted by molar-refractivity contribution is 7.10. The summed E-state index contributed by atoms with van der Waals surface area (Å²) in [4.78, 5) is 34.3. The van der Waals surface area contributed by atoms with E-state index in [0.717, 1.165) is 24.1 Å². The lowest BCUT2D eigenvalue weighted by atomic mass is 9.92. The molecule has 5 nitrogen and oxygen atoms in total. The van der Waals surface area contributed by atoms with Gasteiger partial charge in [-0.1, -0.05) is 48.0 Å². The predicted octanol–water partition coefficient (Wildman–Crippen LogP) is 4.69. The van der Waals surface area contributed by atoms with Crippen molar-refractivity contribution in [3.63, 3.8) is 0 Å². The summed E-state index contributed by atoms with van der Waals surface area (Å²) >= 11 is 1.82. The number of piperazine rings is 1. The molecule has 0 unspecified atom stereocenters. The molecule has 1 fully saturated rings. The van der Waals surface area contributed by atoms with E-state index in [2.05, 4.69) is 47.5 Å². The van der Waals surface area contributed by atoms with Crippen LogP contribution in [0.15, 0.2) is 60.0 Å². The zero-order valence-corrected chi connectivity index (χ0v) is 21.6. The van der Waals surface area contributed by atoms with Gasteiger partial charge in [-0.3, -0.25) is 14.5 Å². The fraction of sp³-hybridized carbons (Fsp3) is 0.379. The van der Waals surface area contributed by atoms with Gasteiger partial charge in [-0.25, -0.2) is 0 Å². The van der Waals surface area contributed by atoms with Gasteiger partial charge in [0.15, 0.2) is 0 Å². The standard InChI is InChI=1S/C29H33N3O2S/c1-20-8-10-23(11-9-20)28-25-13-17-35-26(25)12-14-31(28)19-27(33)30-15-16-32(22(3)18-30)29(34)24-7-5-4-6-21(24)2/h4-11,13,17,22,28H,12,14-16,18-19H2,1-3H3/t22-,28+/m1/s1. The average Bonchev–Trinajstić information content (AvgIpc) is 3.33. The van der Waals surface area contributed by atoms with Crippen molar-refractivity contribution in [1.82, 2.24) is 14.7 Å². The summed E-state index contributed by atoms with van der Waals surface area (Å²) in [6.07, 6.45) is 0.984. The zero-order valence-electron chi connectivity index (χ0n) is 20.7. The SMILES string of the molecule is Cc1ccc([C@H]2c3ccsc3CCN2CC(=O)N2CCN(C(=O)c3ccccc3C)[C@H](C)C2)cc1. The van der Waals surface area contributed by atoms with E-state index in [1.165, 1.54) is 21.6 Å². The third kappa shape index (κ3) is 4.78. The summed E-state index contributed by atoms with van der Waals surface area (Å²) in [5.41, 5.74) is 5.55. The highest BCUT2D eigenvalue weighted by Gasteiger charge is 2.34. The Morgan fingerprint density at radius 1 is 0.971 bits per heavy atom. The maximum Gasteiger partial charge on any atom is 0.254 e. The first-order valence-electron chi connectivity index (χ1n) is 12.4. The molecule has 0 bridgehead atoms. The van der Waals surface area contributed by atoms with Gasteiger partial charge in [0.2, 0.25) is 5.91 Å². The molecule has 1 saturated heterocycles. The smallest absolute Gasteiger partial charge is 0.254 e. The van der Waals surface area contributed by atoms with Gasteiger partial charge in [0.1, 0.15) is 0 Å². The van der Waals surface area contributed by atoms with Gasteiger partial charge in [-0.05, 0) is 61.4 Å². The van der Waals surface area contributed by atoms with E-state index >= 15 is 0 Å². The van der Waals surface area contributed by atoms with Crippen molar-refractivity contribution >= 4 is 23.2 Å².